The number of anilines is 1. The number of hydrogen-bond acceptors (Lipinski definition) is 4. The largest absolute Gasteiger partial charge is 0.356 e. The van der Waals surface area contributed by atoms with Crippen LogP contribution in [-0.4, -0.2) is 60.6 Å². The molecular formula is C17H27IN6. The van der Waals surface area contributed by atoms with Crippen molar-refractivity contribution in [3.63, 3.8) is 0 Å². The van der Waals surface area contributed by atoms with E-state index in [4.69, 9.17) is 0 Å². The van der Waals surface area contributed by atoms with Gasteiger partial charge in [-0.15, -0.1) is 24.0 Å². The molecule has 1 saturated heterocycles. The third kappa shape index (κ3) is 5.06. The molecule has 24 heavy (non-hydrogen) atoms. The molecule has 0 saturated carbocycles. The number of aliphatic imine (C=N–C) groups is 1. The summed E-state index contributed by atoms with van der Waals surface area (Å²) in [5.74, 6) is 2.58. The van der Waals surface area contributed by atoms with Gasteiger partial charge in [-0.05, 0) is 31.2 Å². The molecule has 1 aliphatic heterocycles. The molecule has 1 aliphatic carbocycles. The molecule has 0 radical (unpaired) electrons. The average Bonchev–Trinajstić information content (AvgIpc) is 2.64. The van der Waals surface area contributed by atoms with E-state index in [9.17, 15) is 0 Å². The number of guanidine groups is 1. The molecule has 7 heteroatoms. The van der Waals surface area contributed by atoms with Crippen molar-refractivity contribution in [1.82, 2.24) is 20.2 Å². The molecule has 1 fully saturated rings. The zero-order chi connectivity index (χ0) is 15.9. The van der Waals surface area contributed by atoms with Crippen molar-refractivity contribution < 1.29 is 0 Å². The van der Waals surface area contributed by atoms with E-state index >= 15 is 0 Å². The number of allylic oxidation sites excluding steroid dienone is 2. The van der Waals surface area contributed by atoms with Gasteiger partial charge in [0.15, 0.2) is 5.96 Å². The third-order valence-electron chi connectivity index (χ3n) is 4.55. The summed E-state index contributed by atoms with van der Waals surface area (Å²) >= 11 is 0. The Bertz CT molecular complexity index is 539. The molecule has 2 aliphatic rings. The van der Waals surface area contributed by atoms with Crippen LogP contribution < -0.4 is 10.2 Å². The number of nitrogens with one attached hydrogen (secondary N) is 1. The Kier molecular flexibility index (Phi) is 7.74. The lowest BCUT2D eigenvalue weighted by Crippen LogP contribution is -2.53. The van der Waals surface area contributed by atoms with Crippen LogP contribution >= 0.6 is 24.0 Å². The van der Waals surface area contributed by atoms with E-state index in [1.165, 1.54) is 19.3 Å². The molecule has 132 valence electrons. The van der Waals surface area contributed by atoms with Gasteiger partial charge in [-0.1, -0.05) is 12.2 Å². The molecule has 2 heterocycles. The number of halogens is 1. The van der Waals surface area contributed by atoms with Crippen molar-refractivity contribution in [3.8, 4) is 0 Å². The van der Waals surface area contributed by atoms with E-state index < -0.39 is 0 Å². The minimum Gasteiger partial charge on any atom is -0.356 e. The highest BCUT2D eigenvalue weighted by atomic mass is 127. The van der Waals surface area contributed by atoms with Crippen molar-refractivity contribution in [2.45, 2.75) is 19.3 Å². The lowest BCUT2D eigenvalue weighted by Gasteiger charge is -2.36. The van der Waals surface area contributed by atoms with Crippen LogP contribution in [0.25, 0.3) is 0 Å². The average molecular weight is 442 g/mol. The standard InChI is InChI=1S/C17H26N6.HI/c1-18-16(21-14-15-6-3-2-4-7-15)22-10-12-23(13-11-22)17-19-8-5-9-20-17;/h2-3,5,8-9,15H,4,6-7,10-14H2,1H3,(H,18,21);1H. The first-order valence-electron chi connectivity index (χ1n) is 8.49. The fourth-order valence-electron chi connectivity index (χ4n) is 3.18. The maximum atomic E-state index is 4.46. The molecule has 1 unspecified atom stereocenters. The molecule has 0 bridgehead atoms. The number of rotatable bonds is 3. The Morgan fingerprint density at radius 2 is 1.96 bits per heavy atom. The van der Waals surface area contributed by atoms with E-state index in [2.05, 4.69) is 42.2 Å². The summed E-state index contributed by atoms with van der Waals surface area (Å²) in [6.45, 7) is 4.76. The van der Waals surface area contributed by atoms with E-state index in [1.54, 1.807) is 12.4 Å². The minimum absolute atomic E-state index is 0. The Morgan fingerprint density at radius 3 is 2.58 bits per heavy atom. The van der Waals surface area contributed by atoms with Crippen molar-refractivity contribution in [2.24, 2.45) is 10.9 Å². The lowest BCUT2D eigenvalue weighted by atomic mass is 9.94. The molecule has 1 atom stereocenters. The molecule has 3 rings (SSSR count). The summed E-state index contributed by atoms with van der Waals surface area (Å²) in [5, 5.41) is 3.56. The molecule has 1 aromatic rings. The third-order valence-corrected chi connectivity index (χ3v) is 4.55. The maximum Gasteiger partial charge on any atom is 0.225 e. The highest BCUT2D eigenvalue weighted by Crippen LogP contribution is 2.17. The predicted molar refractivity (Wildman–Crippen MR) is 109 cm³/mol. The molecule has 0 spiro atoms. The van der Waals surface area contributed by atoms with Gasteiger partial charge in [0.25, 0.3) is 0 Å². The number of aromatic nitrogens is 2. The van der Waals surface area contributed by atoms with Crippen molar-refractivity contribution >= 4 is 35.9 Å². The smallest absolute Gasteiger partial charge is 0.225 e. The van der Waals surface area contributed by atoms with Crippen molar-refractivity contribution in [3.05, 3.63) is 30.6 Å². The lowest BCUT2D eigenvalue weighted by molar-refractivity contribution is 0.363. The normalized spacial score (nSPS) is 21.4. The van der Waals surface area contributed by atoms with Gasteiger partial charge in [-0.25, -0.2) is 9.97 Å². The van der Waals surface area contributed by atoms with Crippen LogP contribution in [0.5, 0.6) is 0 Å². The van der Waals surface area contributed by atoms with E-state index in [0.717, 1.165) is 50.5 Å². The van der Waals surface area contributed by atoms with Crippen LogP contribution in [0.2, 0.25) is 0 Å². The fourth-order valence-corrected chi connectivity index (χ4v) is 3.18. The fraction of sp³-hybridized carbons (Fsp3) is 0.588. The summed E-state index contributed by atoms with van der Waals surface area (Å²) < 4.78 is 0. The molecule has 0 aromatic carbocycles. The minimum atomic E-state index is 0. The zero-order valence-electron chi connectivity index (χ0n) is 14.3. The Labute approximate surface area is 161 Å². The van der Waals surface area contributed by atoms with Gasteiger partial charge >= 0.3 is 0 Å². The van der Waals surface area contributed by atoms with Crippen LogP contribution in [0.3, 0.4) is 0 Å². The quantitative estimate of drug-likeness (QED) is 0.337. The second-order valence-electron chi connectivity index (χ2n) is 6.10. The summed E-state index contributed by atoms with van der Waals surface area (Å²) in [6.07, 6.45) is 11.9. The highest BCUT2D eigenvalue weighted by molar-refractivity contribution is 14.0. The monoisotopic (exact) mass is 442 g/mol. The number of piperazine rings is 1. The van der Waals surface area contributed by atoms with Gasteiger partial charge in [0, 0.05) is 52.2 Å². The van der Waals surface area contributed by atoms with Crippen LogP contribution in [0.15, 0.2) is 35.6 Å². The van der Waals surface area contributed by atoms with Crippen LogP contribution in [-0.2, 0) is 0 Å². The molecule has 0 amide bonds. The van der Waals surface area contributed by atoms with Crippen molar-refractivity contribution in [2.75, 3.05) is 44.7 Å². The van der Waals surface area contributed by atoms with Crippen LogP contribution in [0.1, 0.15) is 19.3 Å². The maximum absolute atomic E-state index is 4.46. The summed E-state index contributed by atoms with van der Waals surface area (Å²) in [5.41, 5.74) is 0. The SMILES string of the molecule is CN=C(NCC1CC=CCC1)N1CCN(c2ncccn2)CC1.I. The van der Waals surface area contributed by atoms with E-state index in [-0.39, 0.29) is 24.0 Å². The first-order valence-corrected chi connectivity index (χ1v) is 8.49. The molecular weight excluding hydrogens is 415 g/mol. The molecule has 1 N–H and O–H groups in total. The second kappa shape index (κ2) is 9.80. The van der Waals surface area contributed by atoms with Gasteiger partial charge in [-0.3, -0.25) is 4.99 Å². The van der Waals surface area contributed by atoms with Crippen LogP contribution in [0, 0.1) is 5.92 Å². The number of nitrogens with zero attached hydrogens (tertiary/aromatic N) is 5. The summed E-state index contributed by atoms with van der Waals surface area (Å²) in [6, 6.07) is 1.85. The topological polar surface area (TPSA) is 56.7 Å². The molecule has 1 aromatic heterocycles. The van der Waals surface area contributed by atoms with Gasteiger partial charge in [0.05, 0.1) is 0 Å². The Morgan fingerprint density at radius 1 is 1.21 bits per heavy atom. The summed E-state index contributed by atoms with van der Waals surface area (Å²) in [7, 11) is 1.87. The predicted octanol–water partition coefficient (Wildman–Crippen LogP) is 2.15. The summed E-state index contributed by atoms with van der Waals surface area (Å²) in [4.78, 5) is 17.7. The van der Waals surface area contributed by atoms with E-state index in [1.807, 2.05) is 13.1 Å². The van der Waals surface area contributed by atoms with Gasteiger partial charge in [0.2, 0.25) is 5.95 Å². The second-order valence-corrected chi connectivity index (χ2v) is 6.10. The Hall–Kier alpha value is -1.38. The molecule has 6 nitrogen and oxygen atoms in total. The Balaban J connectivity index is 0.00000208. The van der Waals surface area contributed by atoms with Gasteiger partial charge in [0.1, 0.15) is 0 Å². The first-order chi connectivity index (χ1) is 11.4. The van der Waals surface area contributed by atoms with E-state index in [0.29, 0.717) is 0 Å². The zero-order valence-corrected chi connectivity index (χ0v) is 16.6. The number of hydrogen-bond donors (Lipinski definition) is 1. The van der Waals surface area contributed by atoms with Gasteiger partial charge in [-0.2, -0.15) is 0 Å². The van der Waals surface area contributed by atoms with Crippen molar-refractivity contribution in [1.29, 1.82) is 0 Å². The first kappa shape index (κ1) is 19.0. The van der Waals surface area contributed by atoms with Crippen LogP contribution in [0.4, 0.5) is 5.95 Å². The van der Waals surface area contributed by atoms with Gasteiger partial charge < -0.3 is 15.1 Å². The highest BCUT2D eigenvalue weighted by Gasteiger charge is 2.21.